The summed E-state index contributed by atoms with van der Waals surface area (Å²) in [5, 5.41) is 5.44. The normalized spacial score (nSPS) is 10.1. The van der Waals surface area contributed by atoms with E-state index in [1.165, 1.54) is 11.8 Å². The number of anilines is 1. The number of hydrogen-bond donors (Lipinski definition) is 2. The van der Waals surface area contributed by atoms with Crippen molar-refractivity contribution in [2.45, 2.75) is 27.2 Å². The molecule has 1 aromatic rings. The molecule has 0 fully saturated rings. The first kappa shape index (κ1) is 20.4. The van der Waals surface area contributed by atoms with Crippen LogP contribution in [0.5, 0.6) is 0 Å². The summed E-state index contributed by atoms with van der Waals surface area (Å²) in [6.07, 6.45) is 0.836. The number of hydrogen-bond acceptors (Lipinski definition) is 4. The van der Waals surface area contributed by atoms with Gasteiger partial charge in [-0.1, -0.05) is 49.1 Å². The summed E-state index contributed by atoms with van der Waals surface area (Å²) in [7, 11) is 0. The number of para-hydroxylation sites is 1. The molecular weight excluding hydrogens is 342 g/mol. The standard InChI is InChI=1S/C17H25N3O2S2/c1-4-13-9-7-8-10-14(13)19-15(21)11-18-16(22)12-24-17(23)20(5-2)6-3/h7-10H,4-6,11-12H2,1-3H3,(H,18,22)(H,19,21). The molecule has 1 rings (SSSR count). The average Bonchev–Trinajstić information content (AvgIpc) is 2.59. The van der Waals surface area contributed by atoms with E-state index in [1.807, 2.05) is 49.9 Å². The van der Waals surface area contributed by atoms with Gasteiger partial charge in [-0.2, -0.15) is 0 Å². The lowest BCUT2D eigenvalue weighted by atomic mass is 10.1. The second kappa shape index (κ2) is 11.0. The lowest BCUT2D eigenvalue weighted by Gasteiger charge is -2.20. The van der Waals surface area contributed by atoms with Gasteiger partial charge in [-0.15, -0.1) is 0 Å². The van der Waals surface area contributed by atoms with Gasteiger partial charge in [0.15, 0.2) is 0 Å². The molecule has 2 amide bonds. The number of nitrogens with zero attached hydrogens (tertiary/aromatic N) is 1. The fourth-order valence-corrected chi connectivity index (χ4v) is 3.31. The number of aryl methyl sites for hydroxylation is 1. The van der Waals surface area contributed by atoms with E-state index >= 15 is 0 Å². The molecule has 0 radical (unpaired) electrons. The van der Waals surface area contributed by atoms with E-state index in [2.05, 4.69) is 10.6 Å². The smallest absolute Gasteiger partial charge is 0.243 e. The minimum atomic E-state index is -0.236. The van der Waals surface area contributed by atoms with Gasteiger partial charge < -0.3 is 15.5 Å². The largest absolute Gasteiger partial charge is 0.358 e. The summed E-state index contributed by atoms with van der Waals surface area (Å²) in [6, 6.07) is 7.64. The van der Waals surface area contributed by atoms with E-state index < -0.39 is 0 Å². The predicted octanol–water partition coefficient (Wildman–Crippen LogP) is 2.66. The number of nitrogens with one attached hydrogen (secondary N) is 2. The Balaban J connectivity index is 2.36. The van der Waals surface area contributed by atoms with Crippen LogP contribution in [0.2, 0.25) is 0 Å². The lowest BCUT2D eigenvalue weighted by molar-refractivity contribution is -0.122. The third-order valence-corrected chi connectivity index (χ3v) is 4.99. The van der Waals surface area contributed by atoms with Crippen LogP contribution in [0.1, 0.15) is 26.3 Å². The van der Waals surface area contributed by atoms with Gasteiger partial charge in [0.2, 0.25) is 11.8 Å². The number of thioether (sulfide) groups is 1. The Labute approximate surface area is 153 Å². The van der Waals surface area contributed by atoms with Crippen LogP contribution in [0.4, 0.5) is 5.69 Å². The summed E-state index contributed by atoms with van der Waals surface area (Å²) in [5.74, 6) is -0.220. The molecule has 132 valence electrons. The molecule has 0 heterocycles. The van der Waals surface area contributed by atoms with Crippen LogP contribution in [0.25, 0.3) is 0 Å². The van der Waals surface area contributed by atoms with E-state index in [4.69, 9.17) is 12.2 Å². The quantitative estimate of drug-likeness (QED) is 0.692. The van der Waals surface area contributed by atoms with Crippen molar-refractivity contribution in [2.75, 3.05) is 30.7 Å². The Kier molecular flexibility index (Phi) is 9.41. The van der Waals surface area contributed by atoms with Crippen molar-refractivity contribution in [1.29, 1.82) is 0 Å². The molecule has 5 nitrogen and oxygen atoms in total. The lowest BCUT2D eigenvalue weighted by Crippen LogP contribution is -2.35. The SMILES string of the molecule is CCc1ccccc1NC(=O)CNC(=O)CSC(=S)N(CC)CC. The molecule has 0 aliphatic carbocycles. The molecule has 0 atom stereocenters. The number of carbonyl (C=O) groups excluding carboxylic acids is 2. The highest BCUT2D eigenvalue weighted by molar-refractivity contribution is 8.23. The predicted molar refractivity (Wildman–Crippen MR) is 105 cm³/mol. The summed E-state index contributed by atoms with van der Waals surface area (Å²) < 4.78 is 0.705. The Bertz CT molecular complexity index is 575. The van der Waals surface area contributed by atoms with Crippen molar-refractivity contribution >= 4 is 45.8 Å². The molecule has 0 unspecified atom stereocenters. The monoisotopic (exact) mass is 367 g/mol. The highest BCUT2D eigenvalue weighted by atomic mass is 32.2. The number of benzene rings is 1. The van der Waals surface area contributed by atoms with Gasteiger partial charge in [-0.25, -0.2) is 0 Å². The Morgan fingerprint density at radius 2 is 1.79 bits per heavy atom. The number of thiocarbonyl (C=S) groups is 1. The van der Waals surface area contributed by atoms with Gasteiger partial charge >= 0.3 is 0 Å². The van der Waals surface area contributed by atoms with Crippen molar-refractivity contribution in [1.82, 2.24) is 10.2 Å². The third kappa shape index (κ3) is 6.88. The summed E-state index contributed by atoms with van der Waals surface area (Å²) in [4.78, 5) is 25.8. The second-order valence-electron chi connectivity index (χ2n) is 5.06. The van der Waals surface area contributed by atoms with Gasteiger partial charge in [0.05, 0.1) is 12.3 Å². The van der Waals surface area contributed by atoms with Crippen LogP contribution >= 0.6 is 24.0 Å². The topological polar surface area (TPSA) is 61.4 Å². The van der Waals surface area contributed by atoms with Crippen molar-refractivity contribution in [3.05, 3.63) is 29.8 Å². The summed E-state index contributed by atoms with van der Waals surface area (Å²) >= 11 is 6.59. The van der Waals surface area contributed by atoms with Crippen molar-refractivity contribution in [2.24, 2.45) is 0 Å². The van der Waals surface area contributed by atoms with Crippen LogP contribution in [-0.4, -0.2) is 46.4 Å². The first-order valence-electron chi connectivity index (χ1n) is 8.07. The van der Waals surface area contributed by atoms with Gasteiger partial charge in [0, 0.05) is 18.8 Å². The molecule has 0 aliphatic rings. The van der Waals surface area contributed by atoms with E-state index in [-0.39, 0.29) is 24.1 Å². The van der Waals surface area contributed by atoms with E-state index in [0.29, 0.717) is 4.32 Å². The van der Waals surface area contributed by atoms with Gasteiger partial charge in [0.25, 0.3) is 0 Å². The van der Waals surface area contributed by atoms with E-state index in [1.54, 1.807) is 0 Å². The van der Waals surface area contributed by atoms with Crippen LogP contribution < -0.4 is 10.6 Å². The fraction of sp³-hybridized carbons (Fsp3) is 0.471. The van der Waals surface area contributed by atoms with E-state index in [0.717, 1.165) is 30.8 Å². The molecule has 24 heavy (non-hydrogen) atoms. The highest BCUT2D eigenvalue weighted by Crippen LogP contribution is 2.15. The molecule has 0 bridgehead atoms. The summed E-state index contributed by atoms with van der Waals surface area (Å²) in [6.45, 7) is 7.68. The first-order chi connectivity index (χ1) is 11.5. The first-order valence-corrected chi connectivity index (χ1v) is 9.47. The maximum absolute atomic E-state index is 12.0. The Morgan fingerprint density at radius 3 is 2.42 bits per heavy atom. The average molecular weight is 368 g/mol. The van der Waals surface area contributed by atoms with Gasteiger partial charge in [0.1, 0.15) is 4.32 Å². The maximum atomic E-state index is 12.0. The zero-order valence-electron chi connectivity index (χ0n) is 14.4. The molecule has 0 aromatic heterocycles. The highest BCUT2D eigenvalue weighted by Gasteiger charge is 2.11. The van der Waals surface area contributed by atoms with Crippen molar-refractivity contribution in [3.63, 3.8) is 0 Å². The van der Waals surface area contributed by atoms with E-state index in [9.17, 15) is 9.59 Å². The number of amides is 2. The van der Waals surface area contributed by atoms with Crippen molar-refractivity contribution < 1.29 is 9.59 Å². The third-order valence-electron chi connectivity index (χ3n) is 3.47. The minimum absolute atomic E-state index is 0.0462. The fourth-order valence-electron chi connectivity index (χ4n) is 2.08. The molecule has 7 heteroatoms. The van der Waals surface area contributed by atoms with Crippen molar-refractivity contribution in [3.8, 4) is 0 Å². The Hall–Kier alpha value is -1.60. The Morgan fingerprint density at radius 1 is 1.12 bits per heavy atom. The molecule has 0 aliphatic heterocycles. The van der Waals surface area contributed by atoms with Crippen LogP contribution in [0.15, 0.2) is 24.3 Å². The molecular formula is C17H25N3O2S2. The zero-order valence-corrected chi connectivity index (χ0v) is 16.1. The molecule has 0 saturated heterocycles. The second-order valence-corrected chi connectivity index (χ2v) is 6.67. The van der Waals surface area contributed by atoms with Gasteiger partial charge in [-0.3, -0.25) is 9.59 Å². The molecule has 1 aromatic carbocycles. The van der Waals surface area contributed by atoms with Gasteiger partial charge in [-0.05, 0) is 31.9 Å². The molecule has 0 spiro atoms. The minimum Gasteiger partial charge on any atom is -0.358 e. The maximum Gasteiger partial charge on any atom is 0.243 e. The van der Waals surface area contributed by atoms with Crippen LogP contribution in [0.3, 0.4) is 0 Å². The summed E-state index contributed by atoms with van der Waals surface area (Å²) in [5.41, 5.74) is 1.86. The van der Waals surface area contributed by atoms with Crippen LogP contribution in [0, 0.1) is 0 Å². The zero-order chi connectivity index (χ0) is 17.9. The number of rotatable bonds is 8. The van der Waals surface area contributed by atoms with Crippen LogP contribution in [-0.2, 0) is 16.0 Å². The number of carbonyl (C=O) groups is 2. The molecule has 2 N–H and O–H groups in total. The molecule has 0 saturated carbocycles.